The van der Waals surface area contributed by atoms with E-state index in [2.05, 4.69) is 13.0 Å². The zero-order valence-corrected chi connectivity index (χ0v) is 6.12. The van der Waals surface area contributed by atoms with Gasteiger partial charge < -0.3 is 4.74 Å². The van der Waals surface area contributed by atoms with Crippen LogP contribution in [0.1, 0.15) is 19.3 Å². The predicted octanol–water partition coefficient (Wildman–Crippen LogP) is 1.94. The van der Waals surface area contributed by atoms with Crippen molar-refractivity contribution in [1.29, 1.82) is 0 Å². The summed E-state index contributed by atoms with van der Waals surface area (Å²) in [6.45, 7) is 3.70. The minimum Gasteiger partial charge on any atom is -0.370 e. The first-order valence-corrected chi connectivity index (χ1v) is 4.01. The molecule has 0 aromatic heterocycles. The van der Waals surface area contributed by atoms with E-state index >= 15 is 0 Å². The maximum atomic E-state index is 5.40. The molecule has 1 saturated heterocycles. The van der Waals surface area contributed by atoms with E-state index in [0.29, 0.717) is 12.2 Å². The largest absolute Gasteiger partial charge is 0.370 e. The molecule has 0 bridgehead atoms. The molecule has 1 heteroatoms. The highest BCUT2D eigenvalue weighted by Gasteiger charge is 2.43. The molecule has 1 saturated carbocycles. The molecule has 1 aliphatic heterocycles. The minimum atomic E-state index is 0.606. The summed E-state index contributed by atoms with van der Waals surface area (Å²) in [7, 11) is 0. The minimum absolute atomic E-state index is 0.606. The highest BCUT2D eigenvalue weighted by molar-refractivity contribution is 5.00. The number of fused-ring (bicyclic) bond motifs is 1. The maximum absolute atomic E-state index is 5.40. The molecule has 1 radical (unpaired) electrons. The summed E-state index contributed by atoms with van der Waals surface area (Å²) in [6.07, 6.45) is 9.15. The summed E-state index contributed by atoms with van der Waals surface area (Å²) in [5.41, 5.74) is 0. The van der Waals surface area contributed by atoms with Gasteiger partial charge in [0, 0.05) is 0 Å². The van der Waals surface area contributed by atoms with E-state index < -0.39 is 0 Å². The van der Waals surface area contributed by atoms with Gasteiger partial charge in [-0.15, -0.1) is 6.58 Å². The lowest BCUT2D eigenvalue weighted by molar-refractivity contribution is 0.369. The Morgan fingerprint density at radius 2 is 2.20 bits per heavy atom. The lowest BCUT2D eigenvalue weighted by Gasteiger charge is -2.15. The monoisotopic (exact) mass is 137 g/mol. The van der Waals surface area contributed by atoms with Gasteiger partial charge in [0.2, 0.25) is 0 Å². The highest BCUT2D eigenvalue weighted by atomic mass is 16.6. The average Bonchev–Trinajstić information content (AvgIpc) is 2.66. The van der Waals surface area contributed by atoms with Crippen molar-refractivity contribution in [3.05, 3.63) is 19.1 Å². The predicted molar refractivity (Wildman–Crippen MR) is 40.5 cm³/mol. The fourth-order valence-electron chi connectivity index (χ4n) is 1.80. The Kier molecular flexibility index (Phi) is 1.53. The SMILES string of the molecule is C=C[CH]C1CCC2OC2C1. The Balaban J connectivity index is 1.82. The average molecular weight is 137 g/mol. The summed E-state index contributed by atoms with van der Waals surface area (Å²) in [4.78, 5) is 0. The number of hydrogen-bond donors (Lipinski definition) is 0. The zero-order chi connectivity index (χ0) is 6.97. The summed E-state index contributed by atoms with van der Waals surface area (Å²) < 4.78 is 5.40. The van der Waals surface area contributed by atoms with E-state index in [-0.39, 0.29) is 0 Å². The van der Waals surface area contributed by atoms with Gasteiger partial charge in [0.1, 0.15) is 0 Å². The third kappa shape index (κ3) is 1.10. The number of ether oxygens (including phenoxy) is 1. The summed E-state index contributed by atoms with van der Waals surface area (Å²) in [5, 5.41) is 0. The second kappa shape index (κ2) is 2.39. The highest BCUT2D eigenvalue weighted by Crippen LogP contribution is 2.40. The molecule has 2 aliphatic rings. The number of allylic oxidation sites excluding steroid dienone is 1. The van der Waals surface area contributed by atoms with Gasteiger partial charge in [-0.3, -0.25) is 0 Å². The van der Waals surface area contributed by atoms with Crippen molar-refractivity contribution < 1.29 is 4.74 Å². The van der Waals surface area contributed by atoms with E-state index in [4.69, 9.17) is 4.74 Å². The van der Waals surface area contributed by atoms with Crippen molar-refractivity contribution in [3.8, 4) is 0 Å². The third-order valence-corrected chi connectivity index (χ3v) is 2.45. The zero-order valence-electron chi connectivity index (χ0n) is 6.12. The standard InChI is InChI=1S/C9H13O/c1-2-3-7-4-5-8-9(6-7)10-8/h2-3,7-9H,1,4-6H2. The van der Waals surface area contributed by atoms with E-state index in [1.807, 2.05) is 6.08 Å². The lowest BCUT2D eigenvalue weighted by Crippen LogP contribution is -2.12. The van der Waals surface area contributed by atoms with Crippen LogP contribution in [0.2, 0.25) is 0 Å². The van der Waals surface area contributed by atoms with Crippen LogP contribution in [0, 0.1) is 12.3 Å². The lowest BCUT2D eigenvalue weighted by atomic mass is 9.87. The first kappa shape index (κ1) is 6.41. The summed E-state index contributed by atoms with van der Waals surface area (Å²) >= 11 is 0. The van der Waals surface area contributed by atoms with Crippen molar-refractivity contribution >= 4 is 0 Å². The molecule has 10 heavy (non-hydrogen) atoms. The van der Waals surface area contributed by atoms with Gasteiger partial charge in [-0.2, -0.15) is 0 Å². The normalized spacial score (nSPS) is 44.2. The van der Waals surface area contributed by atoms with Crippen molar-refractivity contribution in [2.45, 2.75) is 31.5 Å². The molecule has 3 unspecified atom stereocenters. The molecule has 3 atom stereocenters. The number of hydrogen-bond acceptors (Lipinski definition) is 1. The van der Waals surface area contributed by atoms with E-state index in [1.54, 1.807) is 0 Å². The first-order chi connectivity index (χ1) is 4.90. The Hall–Kier alpha value is -0.300. The molecular formula is C9H13O. The van der Waals surface area contributed by atoms with Crippen molar-refractivity contribution in [2.24, 2.45) is 5.92 Å². The first-order valence-electron chi connectivity index (χ1n) is 4.01. The van der Waals surface area contributed by atoms with Crippen LogP contribution in [0.15, 0.2) is 12.7 Å². The van der Waals surface area contributed by atoms with Crippen molar-refractivity contribution in [2.75, 3.05) is 0 Å². The Labute approximate surface area is 62.1 Å². The van der Waals surface area contributed by atoms with Crippen molar-refractivity contribution in [1.82, 2.24) is 0 Å². The van der Waals surface area contributed by atoms with Crippen LogP contribution in [0.25, 0.3) is 0 Å². The molecule has 1 nitrogen and oxygen atoms in total. The Morgan fingerprint density at radius 1 is 1.30 bits per heavy atom. The topological polar surface area (TPSA) is 12.5 Å². The van der Waals surface area contributed by atoms with Crippen LogP contribution in [-0.4, -0.2) is 12.2 Å². The molecular weight excluding hydrogens is 124 g/mol. The second-order valence-corrected chi connectivity index (χ2v) is 3.21. The van der Waals surface area contributed by atoms with Gasteiger partial charge in [0.05, 0.1) is 12.2 Å². The van der Waals surface area contributed by atoms with E-state index in [9.17, 15) is 0 Å². The molecule has 1 heterocycles. The van der Waals surface area contributed by atoms with E-state index in [0.717, 1.165) is 5.92 Å². The van der Waals surface area contributed by atoms with Gasteiger partial charge in [0.15, 0.2) is 0 Å². The summed E-state index contributed by atoms with van der Waals surface area (Å²) in [6, 6.07) is 0. The molecule has 0 spiro atoms. The van der Waals surface area contributed by atoms with E-state index in [1.165, 1.54) is 19.3 Å². The van der Waals surface area contributed by atoms with Crippen LogP contribution in [0.3, 0.4) is 0 Å². The van der Waals surface area contributed by atoms with Gasteiger partial charge in [-0.05, 0) is 31.6 Å². The maximum Gasteiger partial charge on any atom is 0.0844 e. The molecule has 2 fully saturated rings. The molecule has 0 aromatic rings. The molecule has 0 N–H and O–H groups in total. The Bertz CT molecular complexity index is 142. The smallest absolute Gasteiger partial charge is 0.0844 e. The number of epoxide rings is 1. The fourth-order valence-corrected chi connectivity index (χ4v) is 1.80. The molecule has 1 aliphatic carbocycles. The second-order valence-electron chi connectivity index (χ2n) is 3.21. The van der Waals surface area contributed by atoms with Crippen LogP contribution < -0.4 is 0 Å². The molecule has 2 rings (SSSR count). The third-order valence-electron chi connectivity index (χ3n) is 2.45. The quantitative estimate of drug-likeness (QED) is 0.530. The summed E-state index contributed by atoms with van der Waals surface area (Å²) in [5.74, 6) is 0.751. The van der Waals surface area contributed by atoms with Gasteiger partial charge in [-0.25, -0.2) is 0 Å². The molecule has 0 amide bonds. The number of rotatable bonds is 2. The molecule has 55 valence electrons. The molecule has 0 aromatic carbocycles. The van der Waals surface area contributed by atoms with Gasteiger partial charge in [0.25, 0.3) is 0 Å². The van der Waals surface area contributed by atoms with Crippen molar-refractivity contribution in [3.63, 3.8) is 0 Å². The van der Waals surface area contributed by atoms with Crippen LogP contribution in [-0.2, 0) is 4.74 Å². The van der Waals surface area contributed by atoms with Gasteiger partial charge in [-0.1, -0.05) is 6.08 Å². The Morgan fingerprint density at radius 3 is 2.90 bits per heavy atom. The fraction of sp³-hybridized carbons (Fsp3) is 0.667. The van der Waals surface area contributed by atoms with Gasteiger partial charge >= 0.3 is 0 Å². The van der Waals surface area contributed by atoms with Crippen LogP contribution >= 0.6 is 0 Å². The van der Waals surface area contributed by atoms with Crippen LogP contribution in [0.4, 0.5) is 0 Å². The van der Waals surface area contributed by atoms with Crippen LogP contribution in [0.5, 0.6) is 0 Å².